The molecule has 0 aliphatic heterocycles. The molecule has 0 aliphatic rings. The summed E-state index contributed by atoms with van der Waals surface area (Å²) in [5.74, 6) is 7.03. The van der Waals surface area contributed by atoms with Gasteiger partial charge in [-0.3, -0.25) is 4.79 Å². The summed E-state index contributed by atoms with van der Waals surface area (Å²) in [6.45, 7) is 4.20. The zero-order valence-corrected chi connectivity index (χ0v) is 19.9. The van der Waals surface area contributed by atoms with Crippen LogP contribution in [0.15, 0.2) is 66.0 Å². The lowest BCUT2D eigenvalue weighted by molar-refractivity contribution is -0.136. The van der Waals surface area contributed by atoms with Crippen molar-refractivity contribution < 1.29 is 9.90 Å². The van der Waals surface area contributed by atoms with Crippen LogP contribution in [-0.4, -0.2) is 21.0 Å². The number of nitrogens with one attached hydrogen (secondary N) is 1. The Kier molecular flexibility index (Phi) is 7.36. The molecule has 34 heavy (non-hydrogen) atoms. The minimum absolute atomic E-state index is 0.00596. The summed E-state index contributed by atoms with van der Waals surface area (Å²) in [6.07, 6.45) is 1.62. The second-order valence-electron chi connectivity index (χ2n) is 7.74. The second kappa shape index (κ2) is 10.8. The summed E-state index contributed by atoms with van der Waals surface area (Å²) in [5, 5.41) is 14.4. The van der Waals surface area contributed by atoms with Gasteiger partial charge in [0.15, 0.2) is 5.82 Å². The van der Waals surface area contributed by atoms with Gasteiger partial charge < -0.3 is 10.4 Å². The number of aryl methyl sites for hydroxylation is 1. The average Bonchev–Trinajstić information content (AvgIpc) is 3.33. The molecule has 0 radical (unpaired) electrons. The van der Waals surface area contributed by atoms with Crippen molar-refractivity contribution in [3.63, 3.8) is 0 Å². The number of hydrogen-bond acceptors (Lipinski definition) is 5. The highest BCUT2D eigenvalue weighted by molar-refractivity contribution is 7.13. The highest BCUT2D eigenvalue weighted by Crippen LogP contribution is 2.29. The lowest BCUT2D eigenvalue weighted by Crippen LogP contribution is -2.07. The van der Waals surface area contributed by atoms with E-state index in [1.807, 2.05) is 66.0 Å². The van der Waals surface area contributed by atoms with Crippen LogP contribution in [0.2, 0.25) is 0 Å². The van der Waals surface area contributed by atoms with Crippen LogP contribution < -0.4 is 5.32 Å². The average molecular weight is 468 g/mol. The van der Waals surface area contributed by atoms with Crippen LogP contribution in [0.3, 0.4) is 0 Å². The number of aromatic nitrogens is 2. The molecule has 2 aromatic heterocycles. The van der Waals surface area contributed by atoms with Crippen molar-refractivity contribution in [2.24, 2.45) is 0 Å². The molecule has 0 unspecified atom stereocenters. The smallest absolute Gasteiger partial charge is 0.307 e. The van der Waals surface area contributed by atoms with Crippen LogP contribution in [-0.2, 0) is 24.1 Å². The van der Waals surface area contributed by atoms with Crippen molar-refractivity contribution >= 4 is 28.8 Å². The molecular weight excluding hydrogens is 442 g/mol. The van der Waals surface area contributed by atoms with Crippen LogP contribution >= 0.6 is 11.3 Å². The molecule has 0 atom stereocenters. The lowest BCUT2D eigenvalue weighted by atomic mass is 10.1. The van der Waals surface area contributed by atoms with Crippen molar-refractivity contribution in [3.8, 4) is 22.5 Å². The molecule has 0 saturated heterocycles. The van der Waals surface area contributed by atoms with E-state index in [4.69, 9.17) is 15.1 Å². The van der Waals surface area contributed by atoms with E-state index < -0.39 is 5.97 Å². The molecule has 4 rings (SSSR count). The van der Waals surface area contributed by atoms with Gasteiger partial charge in [0, 0.05) is 33.5 Å². The third-order valence-electron chi connectivity index (χ3n) is 5.30. The van der Waals surface area contributed by atoms with Gasteiger partial charge in [-0.25, -0.2) is 9.97 Å². The van der Waals surface area contributed by atoms with E-state index in [0.717, 1.165) is 57.2 Å². The number of carboxylic acid groups (broad SMARTS) is 1. The van der Waals surface area contributed by atoms with Gasteiger partial charge in [-0.05, 0) is 48.7 Å². The molecule has 2 aromatic carbocycles. The number of anilines is 2. The SMILES string of the molecule is CCc1nc(-c2cc(C#Cc3ccccc3)cs2)nc(Nc2ccc(CC(=O)O)cc2)c1CC. The van der Waals surface area contributed by atoms with Crippen molar-refractivity contribution in [1.29, 1.82) is 0 Å². The zero-order chi connectivity index (χ0) is 23.9. The number of benzene rings is 2. The van der Waals surface area contributed by atoms with Gasteiger partial charge in [0.2, 0.25) is 0 Å². The fourth-order valence-electron chi connectivity index (χ4n) is 3.61. The van der Waals surface area contributed by atoms with E-state index in [2.05, 4.69) is 31.0 Å². The zero-order valence-electron chi connectivity index (χ0n) is 19.1. The Balaban J connectivity index is 1.63. The number of rotatable bonds is 7. The fraction of sp³-hybridized carbons (Fsp3) is 0.179. The highest BCUT2D eigenvalue weighted by Gasteiger charge is 2.15. The minimum atomic E-state index is -0.842. The molecule has 0 saturated carbocycles. The summed E-state index contributed by atoms with van der Waals surface area (Å²) in [7, 11) is 0. The quantitative estimate of drug-likeness (QED) is 0.321. The second-order valence-corrected chi connectivity index (χ2v) is 8.65. The third-order valence-corrected chi connectivity index (χ3v) is 6.22. The monoisotopic (exact) mass is 467 g/mol. The molecular formula is C28H25N3O2S. The lowest BCUT2D eigenvalue weighted by Gasteiger charge is -2.15. The van der Waals surface area contributed by atoms with Crippen LogP contribution in [0.4, 0.5) is 11.5 Å². The van der Waals surface area contributed by atoms with Crippen molar-refractivity contribution in [2.75, 3.05) is 5.32 Å². The molecule has 5 nitrogen and oxygen atoms in total. The van der Waals surface area contributed by atoms with Crippen molar-refractivity contribution in [2.45, 2.75) is 33.1 Å². The molecule has 2 N–H and O–H groups in total. The van der Waals surface area contributed by atoms with Gasteiger partial charge in [0.05, 0.1) is 11.3 Å². The third kappa shape index (κ3) is 5.69. The van der Waals surface area contributed by atoms with Crippen LogP contribution in [0, 0.1) is 11.8 Å². The summed E-state index contributed by atoms with van der Waals surface area (Å²) in [4.78, 5) is 21.6. The normalized spacial score (nSPS) is 10.4. The number of aliphatic carboxylic acids is 1. The molecule has 170 valence electrons. The number of carboxylic acids is 1. The predicted octanol–water partition coefficient (Wildman–Crippen LogP) is 6.10. The van der Waals surface area contributed by atoms with Crippen LogP contribution in [0.25, 0.3) is 10.7 Å². The number of thiophene rings is 1. The number of carbonyl (C=O) groups is 1. The van der Waals surface area contributed by atoms with Gasteiger partial charge in [-0.2, -0.15) is 0 Å². The first-order valence-electron chi connectivity index (χ1n) is 11.2. The molecule has 0 fully saturated rings. The van der Waals surface area contributed by atoms with Gasteiger partial charge in [-0.1, -0.05) is 56.0 Å². The number of hydrogen-bond donors (Lipinski definition) is 2. The first kappa shape index (κ1) is 23.2. The van der Waals surface area contributed by atoms with E-state index in [-0.39, 0.29) is 6.42 Å². The van der Waals surface area contributed by atoms with Crippen LogP contribution in [0.5, 0.6) is 0 Å². The Bertz CT molecular complexity index is 1350. The fourth-order valence-corrected chi connectivity index (χ4v) is 4.38. The summed E-state index contributed by atoms with van der Waals surface area (Å²) >= 11 is 1.58. The molecule has 4 aromatic rings. The van der Waals surface area contributed by atoms with E-state index >= 15 is 0 Å². The first-order valence-corrected chi connectivity index (χ1v) is 12.1. The van der Waals surface area contributed by atoms with Gasteiger partial charge in [0.1, 0.15) is 5.82 Å². The van der Waals surface area contributed by atoms with E-state index in [0.29, 0.717) is 5.82 Å². The first-order chi connectivity index (χ1) is 16.6. The Morgan fingerprint density at radius 2 is 1.71 bits per heavy atom. The predicted molar refractivity (Wildman–Crippen MR) is 138 cm³/mol. The van der Waals surface area contributed by atoms with Gasteiger partial charge in [-0.15, -0.1) is 11.3 Å². The minimum Gasteiger partial charge on any atom is -0.481 e. The topological polar surface area (TPSA) is 75.1 Å². The van der Waals surface area contributed by atoms with E-state index in [9.17, 15) is 4.79 Å². The van der Waals surface area contributed by atoms with Crippen molar-refractivity contribution in [1.82, 2.24) is 9.97 Å². The standard InChI is InChI=1S/C28H25N3O2S/c1-3-23-24(4-2)30-28(25-16-21(18-34-25)11-10-19-8-6-5-7-9-19)31-27(23)29-22-14-12-20(13-15-22)17-26(32)33/h5-9,12-16,18H,3-4,17H2,1-2H3,(H,32,33)(H,29,30,31). The summed E-state index contributed by atoms with van der Waals surface area (Å²) < 4.78 is 0. The molecule has 0 spiro atoms. The molecule has 2 heterocycles. The van der Waals surface area contributed by atoms with E-state index in [1.54, 1.807) is 11.3 Å². The Hall–Kier alpha value is -3.95. The van der Waals surface area contributed by atoms with E-state index in [1.165, 1.54) is 0 Å². The Morgan fingerprint density at radius 3 is 2.38 bits per heavy atom. The maximum Gasteiger partial charge on any atom is 0.307 e. The highest BCUT2D eigenvalue weighted by atomic mass is 32.1. The molecule has 0 bridgehead atoms. The molecule has 0 amide bonds. The Labute approximate surface area is 203 Å². The Morgan fingerprint density at radius 1 is 0.971 bits per heavy atom. The molecule has 0 aliphatic carbocycles. The van der Waals surface area contributed by atoms with Gasteiger partial charge >= 0.3 is 5.97 Å². The largest absolute Gasteiger partial charge is 0.481 e. The van der Waals surface area contributed by atoms with Crippen molar-refractivity contribution in [3.05, 3.63) is 94.0 Å². The summed E-state index contributed by atoms with van der Waals surface area (Å²) in [5.41, 5.74) is 5.64. The summed E-state index contributed by atoms with van der Waals surface area (Å²) in [6, 6.07) is 19.4. The van der Waals surface area contributed by atoms with Crippen LogP contribution in [0.1, 0.15) is 41.8 Å². The number of nitrogens with zero attached hydrogens (tertiary/aromatic N) is 2. The maximum atomic E-state index is 10.9. The molecule has 6 heteroatoms. The maximum absolute atomic E-state index is 10.9. The van der Waals surface area contributed by atoms with Gasteiger partial charge in [0.25, 0.3) is 0 Å².